The van der Waals surface area contributed by atoms with Crippen LogP contribution in [0.25, 0.3) is 0 Å². The zero-order valence-corrected chi connectivity index (χ0v) is 49.6. The third-order valence-electron chi connectivity index (χ3n) is 14.3. The Kier molecular flexibility index (Phi) is 53.6. The van der Waals surface area contributed by atoms with Crippen LogP contribution in [0, 0.1) is 0 Å². The van der Waals surface area contributed by atoms with E-state index in [0.717, 1.165) is 32.1 Å². The van der Waals surface area contributed by atoms with Crippen LogP contribution in [0.1, 0.15) is 322 Å². The lowest BCUT2D eigenvalue weighted by molar-refractivity contribution is -0.870. The van der Waals surface area contributed by atoms with Gasteiger partial charge >= 0.3 is 11.9 Å². The fraction of sp³-hybridized carbons (Fsp3) is 0.935. The molecule has 0 rings (SSSR count). The van der Waals surface area contributed by atoms with Crippen LogP contribution in [-0.4, -0.2) is 70.0 Å². The fourth-order valence-electron chi connectivity index (χ4n) is 9.42. The van der Waals surface area contributed by atoms with Gasteiger partial charge in [0.1, 0.15) is 19.8 Å². The first-order chi connectivity index (χ1) is 35.0. The van der Waals surface area contributed by atoms with Crippen LogP contribution in [0.2, 0.25) is 0 Å². The number of hydrogen-bond donors (Lipinski definition) is 0. The van der Waals surface area contributed by atoms with Gasteiger partial charge in [0, 0.05) is 12.8 Å². The Balaban J connectivity index is 4.07. The molecule has 0 N–H and O–H groups in total. The van der Waals surface area contributed by atoms with Crippen LogP contribution in [0.3, 0.4) is 0 Å². The highest BCUT2D eigenvalue weighted by atomic mass is 31.2. The summed E-state index contributed by atoms with van der Waals surface area (Å²) in [6, 6.07) is 0. The minimum absolute atomic E-state index is 0.0266. The lowest BCUT2D eigenvalue weighted by Gasteiger charge is -2.28. The van der Waals surface area contributed by atoms with E-state index in [9.17, 15) is 19.0 Å². The van der Waals surface area contributed by atoms with Crippen LogP contribution < -0.4 is 4.89 Å². The minimum atomic E-state index is -4.63. The molecule has 0 spiro atoms. The second kappa shape index (κ2) is 54.5. The molecule has 0 radical (unpaired) electrons. The molecule has 0 bridgehead atoms. The van der Waals surface area contributed by atoms with Crippen molar-refractivity contribution in [3.05, 3.63) is 12.2 Å². The van der Waals surface area contributed by atoms with Crippen molar-refractivity contribution in [1.82, 2.24) is 0 Å². The quantitative estimate of drug-likeness (QED) is 0.0195. The first kappa shape index (κ1) is 70.8. The maximum absolute atomic E-state index is 12.8. The van der Waals surface area contributed by atoms with Gasteiger partial charge < -0.3 is 27.9 Å². The lowest BCUT2D eigenvalue weighted by Crippen LogP contribution is -2.37. The average Bonchev–Trinajstić information content (AvgIpc) is 3.34. The number of phosphoric ester groups is 1. The third-order valence-corrected chi connectivity index (χ3v) is 15.2. The molecule has 2 atom stereocenters. The third kappa shape index (κ3) is 58.0. The van der Waals surface area contributed by atoms with E-state index in [-0.39, 0.29) is 32.0 Å². The fourth-order valence-corrected chi connectivity index (χ4v) is 10.1. The summed E-state index contributed by atoms with van der Waals surface area (Å²) in [7, 11) is 1.19. The van der Waals surface area contributed by atoms with Gasteiger partial charge in [0.05, 0.1) is 27.7 Å². The van der Waals surface area contributed by atoms with Gasteiger partial charge in [0.25, 0.3) is 7.82 Å². The molecule has 0 aromatic heterocycles. The number of quaternary nitrogens is 1. The molecule has 9 nitrogen and oxygen atoms in total. The molecule has 0 saturated heterocycles. The van der Waals surface area contributed by atoms with E-state index in [0.29, 0.717) is 17.4 Å². The lowest BCUT2D eigenvalue weighted by atomic mass is 10.0. The average molecular weight is 1040 g/mol. The summed E-state index contributed by atoms with van der Waals surface area (Å²) in [4.78, 5) is 37.9. The molecule has 0 heterocycles. The van der Waals surface area contributed by atoms with Crippen LogP contribution in [-0.2, 0) is 32.7 Å². The SMILES string of the molecule is CCCCCCCCCC/C=C\CCCCCCCCCCCCCCCC(=O)OC(COC(=O)CCCCCCCCCCCCCCCCCCCCCCCCC)COP(=O)([O-])OCC[N+](C)(C)C. The predicted molar refractivity (Wildman–Crippen MR) is 305 cm³/mol. The Morgan fingerprint density at radius 3 is 1.03 bits per heavy atom. The molecular weight excluding hydrogens is 918 g/mol. The topological polar surface area (TPSA) is 111 Å². The normalized spacial score (nSPS) is 13.2. The summed E-state index contributed by atoms with van der Waals surface area (Å²) < 4.78 is 34.2. The molecule has 10 heteroatoms. The number of rotatable bonds is 59. The Morgan fingerprint density at radius 2 is 0.708 bits per heavy atom. The summed E-state index contributed by atoms with van der Waals surface area (Å²) in [5.74, 6) is -0.811. The van der Waals surface area contributed by atoms with Crippen molar-refractivity contribution in [2.45, 2.75) is 328 Å². The van der Waals surface area contributed by atoms with Crippen LogP contribution >= 0.6 is 7.82 Å². The van der Waals surface area contributed by atoms with E-state index in [2.05, 4.69) is 26.0 Å². The Morgan fingerprint density at radius 1 is 0.417 bits per heavy atom. The molecule has 0 fully saturated rings. The second-order valence-corrected chi connectivity index (χ2v) is 24.2. The van der Waals surface area contributed by atoms with Gasteiger partial charge in [-0.15, -0.1) is 0 Å². The standard InChI is InChI=1S/C62H122NO8P/c1-6-8-10-12-14-16-18-20-22-24-26-28-30-31-33-35-37-39-41-43-45-47-49-51-53-55-62(65)71-60(59-70-72(66,67)69-57-56-63(3,4)5)58-68-61(64)54-52-50-48-46-44-42-40-38-36-34-32-29-27-25-23-21-19-17-15-13-11-9-7-2/h24,26,60H,6-23,25,27-59H2,1-5H3/b26-24-. The number of esters is 2. The minimum Gasteiger partial charge on any atom is -0.756 e. The molecule has 0 aliphatic carbocycles. The van der Waals surface area contributed by atoms with Crippen LogP contribution in [0.15, 0.2) is 12.2 Å². The number of nitrogens with zero attached hydrogens (tertiary/aromatic N) is 1. The molecule has 0 amide bonds. The van der Waals surface area contributed by atoms with E-state index in [1.165, 1.54) is 257 Å². The maximum Gasteiger partial charge on any atom is 0.306 e. The summed E-state index contributed by atoms with van der Waals surface area (Å²) in [6.45, 7) is 4.31. The molecular formula is C62H122NO8P. The van der Waals surface area contributed by atoms with Gasteiger partial charge in [-0.3, -0.25) is 14.2 Å². The summed E-state index contributed by atoms with van der Waals surface area (Å²) >= 11 is 0. The zero-order valence-electron chi connectivity index (χ0n) is 48.7. The van der Waals surface area contributed by atoms with E-state index in [1.54, 1.807) is 0 Å². The largest absolute Gasteiger partial charge is 0.756 e. The molecule has 0 aliphatic heterocycles. The van der Waals surface area contributed by atoms with E-state index in [1.807, 2.05) is 21.1 Å². The van der Waals surface area contributed by atoms with Crippen molar-refractivity contribution in [3.63, 3.8) is 0 Å². The Labute approximate surface area is 447 Å². The summed E-state index contributed by atoms with van der Waals surface area (Å²) in [5.41, 5.74) is 0. The van der Waals surface area contributed by atoms with E-state index < -0.39 is 26.5 Å². The zero-order chi connectivity index (χ0) is 52.7. The maximum atomic E-state index is 12.8. The summed E-state index contributed by atoms with van der Waals surface area (Å²) in [5, 5.41) is 0. The number of unbranched alkanes of at least 4 members (excludes halogenated alkanes) is 43. The molecule has 0 aromatic rings. The van der Waals surface area contributed by atoms with Crippen LogP contribution in [0.4, 0.5) is 0 Å². The monoisotopic (exact) mass is 1040 g/mol. The van der Waals surface area contributed by atoms with Crippen molar-refractivity contribution in [1.29, 1.82) is 0 Å². The molecule has 72 heavy (non-hydrogen) atoms. The first-order valence-electron chi connectivity index (χ1n) is 31.4. The number of hydrogen-bond acceptors (Lipinski definition) is 8. The van der Waals surface area contributed by atoms with Crippen molar-refractivity contribution in [2.24, 2.45) is 0 Å². The molecule has 0 aromatic carbocycles. The Hall–Kier alpha value is -1.25. The number of phosphoric acid groups is 1. The highest BCUT2D eigenvalue weighted by Crippen LogP contribution is 2.38. The number of carbonyl (C=O) groups excluding carboxylic acids is 2. The first-order valence-corrected chi connectivity index (χ1v) is 32.9. The highest BCUT2D eigenvalue weighted by molar-refractivity contribution is 7.45. The van der Waals surface area contributed by atoms with Gasteiger partial charge in [-0.05, 0) is 38.5 Å². The van der Waals surface area contributed by atoms with Crippen molar-refractivity contribution >= 4 is 19.8 Å². The molecule has 0 aliphatic rings. The highest BCUT2D eigenvalue weighted by Gasteiger charge is 2.22. The summed E-state index contributed by atoms with van der Waals surface area (Å²) in [6.07, 6.45) is 64.1. The van der Waals surface area contributed by atoms with Crippen LogP contribution in [0.5, 0.6) is 0 Å². The van der Waals surface area contributed by atoms with Gasteiger partial charge in [-0.2, -0.15) is 0 Å². The molecule has 428 valence electrons. The number of allylic oxidation sites excluding steroid dienone is 2. The number of carbonyl (C=O) groups is 2. The van der Waals surface area contributed by atoms with Gasteiger partial charge in [-0.1, -0.05) is 283 Å². The van der Waals surface area contributed by atoms with Crippen molar-refractivity contribution < 1.29 is 42.1 Å². The van der Waals surface area contributed by atoms with E-state index in [4.69, 9.17) is 18.5 Å². The van der Waals surface area contributed by atoms with Crippen molar-refractivity contribution in [3.8, 4) is 0 Å². The number of likely N-dealkylation sites (N-methyl/N-ethyl adjacent to an activating group) is 1. The molecule has 2 unspecified atom stereocenters. The number of ether oxygens (including phenoxy) is 2. The second-order valence-electron chi connectivity index (χ2n) is 22.8. The van der Waals surface area contributed by atoms with Crippen molar-refractivity contribution in [2.75, 3.05) is 47.5 Å². The Bertz CT molecular complexity index is 1220. The van der Waals surface area contributed by atoms with Gasteiger partial charge in [0.15, 0.2) is 6.10 Å². The predicted octanol–water partition coefficient (Wildman–Crippen LogP) is 19.0. The van der Waals surface area contributed by atoms with E-state index >= 15 is 0 Å². The van der Waals surface area contributed by atoms with Gasteiger partial charge in [-0.25, -0.2) is 0 Å². The molecule has 0 saturated carbocycles. The van der Waals surface area contributed by atoms with Gasteiger partial charge in [0.2, 0.25) is 0 Å². The smallest absolute Gasteiger partial charge is 0.306 e.